The van der Waals surface area contributed by atoms with Gasteiger partial charge in [-0.25, -0.2) is 0 Å². The fourth-order valence-electron chi connectivity index (χ4n) is 1.18. The molecule has 1 unspecified atom stereocenters. The van der Waals surface area contributed by atoms with Gasteiger partial charge in [-0.05, 0) is 30.5 Å². The van der Waals surface area contributed by atoms with Gasteiger partial charge in [0.05, 0.1) is 0 Å². The van der Waals surface area contributed by atoms with E-state index in [0.717, 1.165) is 18.6 Å². The molecule has 0 radical (unpaired) electrons. The molecule has 0 aromatic heterocycles. The normalized spacial score (nSPS) is 12.5. The van der Waals surface area contributed by atoms with Crippen LogP contribution in [0.3, 0.4) is 0 Å². The van der Waals surface area contributed by atoms with E-state index < -0.39 is 0 Å². The Morgan fingerprint density at radius 3 is 2.79 bits per heavy atom. The van der Waals surface area contributed by atoms with Gasteiger partial charge in [-0.15, -0.1) is 0 Å². The standard InChI is InChI=1S/C12H19NO/c1-3-10-6-5-7-12(8-10)14-9-11(13)4-2/h5-8,11H,3-4,9,13H2,1-2H3. The summed E-state index contributed by atoms with van der Waals surface area (Å²) in [5.74, 6) is 0.924. The highest BCUT2D eigenvalue weighted by molar-refractivity contribution is 5.28. The molecule has 1 atom stereocenters. The van der Waals surface area contributed by atoms with Crippen molar-refractivity contribution in [3.63, 3.8) is 0 Å². The molecule has 0 fully saturated rings. The number of rotatable bonds is 5. The van der Waals surface area contributed by atoms with Crippen molar-refractivity contribution in [1.29, 1.82) is 0 Å². The van der Waals surface area contributed by atoms with E-state index in [1.165, 1.54) is 5.56 Å². The third-order valence-electron chi connectivity index (χ3n) is 2.30. The molecule has 0 saturated carbocycles. The number of benzene rings is 1. The fraction of sp³-hybridized carbons (Fsp3) is 0.500. The molecule has 0 spiro atoms. The molecule has 2 heteroatoms. The maximum atomic E-state index is 5.77. The molecule has 0 heterocycles. The molecule has 0 saturated heterocycles. The van der Waals surface area contributed by atoms with E-state index in [1.807, 2.05) is 12.1 Å². The molecule has 1 aromatic carbocycles. The van der Waals surface area contributed by atoms with Crippen LogP contribution in [0.5, 0.6) is 5.75 Å². The summed E-state index contributed by atoms with van der Waals surface area (Å²) in [6.45, 7) is 4.80. The number of hydrogen-bond donors (Lipinski definition) is 1. The van der Waals surface area contributed by atoms with Gasteiger partial charge in [0, 0.05) is 6.04 Å². The lowest BCUT2D eigenvalue weighted by atomic mass is 10.2. The summed E-state index contributed by atoms with van der Waals surface area (Å²) in [4.78, 5) is 0. The topological polar surface area (TPSA) is 35.2 Å². The fourth-order valence-corrected chi connectivity index (χ4v) is 1.18. The van der Waals surface area contributed by atoms with Crippen molar-refractivity contribution in [2.75, 3.05) is 6.61 Å². The van der Waals surface area contributed by atoms with E-state index in [1.54, 1.807) is 0 Å². The maximum Gasteiger partial charge on any atom is 0.119 e. The largest absolute Gasteiger partial charge is 0.492 e. The minimum atomic E-state index is 0.139. The monoisotopic (exact) mass is 193 g/mol. The molecule has 78 valence electrons. The van der Waals surface area contributed by atoms with Crippen LogP contribution in [-0.4, -0.2) is 12.6 Å². The second-order valence-corrected chi connectivity index (χ2v) is 3.48. The third-order valence-corrected chi connectivity index (χ3v) is 2.30. The predicted molar refractivity (Wildman–Crippen MR) is 59.6 cm³/mol. The molecule has 0 aliphatic carbocycles. The van der Waals surface area contributed by atoms with Crippen molar-refractivity contribution < 1.29 is 4.74 Å². The number of nitrogens with two attached hydrogens (primary N) is 1. The predicted octanol–water partition coefficient (Wildman–Crippen LogP) is 2.37. The molecule has 1 aromatic rings. The summed E-state index contributed by atoms with van der Waals surface area (Å²) < 4.78 is 5.58. The van der Waals surface area contributed by atoms with E-state index in [0.29, 0.717) is 6.61 Å². The van der Waals surface area contributed by atoms with Crippen molar-refractivity contribution in [1.82, 2.24) is 0 Å². The van der Waals surface area contributed by atoms with Crippen LogP contribution in [0.1, 0.15) is 25.8 Å². The molecule has 0 aliphatic heterocycles. The van der Waals surface area contributed by atoms with Crippen LogP contribution < -0.4 is 10.5 Å². The van der Waals surface area contributed by atoms with Crippen molar-refractivity contribution in [2.24, 2.45) is 5.73 Å². The van der Waals surface area contributed by atoms with Crippen LogP contribution in [0.2, 0.25) is 0 Å². The number of aryl methyl sites for hydroxylation is 1. The molecule has 2 N–H and O–H groups in total. The Bertz CT molecular complexity index is 273. The van der Waals surface area contributed by atoms with Crippen LogP contribution in [0.15, 0.2) is 24.3 Å². The lowest BCUT2D eigenvalue weighted by molar-refractivity contribution is 0.285. The van der Waals surface area contributed by atoms with Gasteiger partial charge < -0.3 is 10.5 Å². The minimum Gasteiger partial charge on any atom is -0.492 e. The number of hydrogen-bond acceptors (Lipinski definition) is 2. The second kappa shape index (κ2) is 5.66. The zero-order valence-electron chi connectivity index (χ0n) is 8.99. The zero-order valence-corrected chi connectivity index (χ0v) is 8.99. The van der Waals surface area contributed by atoms with Crippen LogP contribution in [0.4, 0.5) is 0 Å². The smallest absolute Gasteiger partial charge is 0.119 e. The van der Waals surface area contributed by atoms with E-state index in [4.69, 9.17) is 10.5 Å². The lowest BCUT2D eigenvalue weighted by Gasteiger charge is -2.11. The first-order chi connectivity index (χ1) is 6.76. The van der Waals surface area contributed by atoms with E-state index >= 15 is 0 Å². The van der Waals surface area contributed by atoms with Gasteiger partial charge in [0.25, 0.3) is 0 Å². The van der Waals surface area contributed by atoms with E-state index in [9.17, 15) is 0 Å². The summed E-state index contributed by atoms with van der Waals surface area (Å²) >= 11 is 0. The van der Waals surface area contributed by atoms with Gasteiger partial charge in [0.2, 0.25) is 0 Å². The molecular formula is C12H19NO. The second-order valence-electron chi connectivity index (χ2n) is 3.48. The van der Waals surface area contributed by atoms with Gasteiger partial charge in [-0.2, -0.15) is 0 Å². The first-order valence-corrected chi connectivity index (χ1v) is 5.23. The maximum absolute atomic E-state index is 5.77. The van der Waals surface area contributed by atoms with Crippen LogP contribution in [0.25, 0.3) is 0 Å². The summed E-state index contributed by atoms with van der Waals surface area (Å²) in [6.07, 6.45) is 1.99. The minimum absolute atomic E-state index is 0.139. The Morgan fingerprint density at radius 2 is 2.14 bits per heavy atom. The van der Waals surface area contributed by atoms with Gasteiger partial charge in [0.1, 0.15) is 12.4 Å². The Labute approximate surface area is 86.1 Å². The van der Waals surface area contributed by atoms with Crippen LogP contribution in [0, 0.1) is 0 Å². The Morgan fingerprint density at radius 1 is 1.36 bits per heavy atom. The number of ether oxygens (including phenoxy) is 1. The first-order valence-electron chi connectivity index (χ1n) is 5.23. The molecular weight excluding hydrogens is 174 g/mol. The molecule has 14 heavy (non-hydrogen) atoms. The Kier molecular flexibility index (Phi) is 4.47. The van der Waals surface area contributed by atoms with Gasteiger partial charge in [-0.1, -0.05) is 26.0 Å². The van der Waals surface area contributed by atoms with Crippen molar-refractivity contribution in [3.8, 4) is 5.75 Å². The molecule has 0 aliphatic rings. The molecule has 2 nitrogen and oxygen atoms in total. The molecule has 0 amide bonds. The van der Waals surface area contributed by atoms with E-state index in [-0.39, 0.29) is 6.04 Å². The Hall–Kier alpha value is -1.02. The van der Waals surface area contributed by atoms with Gasteiger partial charge >= 0.3 is 0 Å². The highest BCUT2D eigenvalue weighted by Crippen LogP contribution is 2.13. The summed E-state index contributed by atoms with van der Waals surface area (Å²) in [5, 5.41) is 0. The van der Waals surface area contributed by atoms with Crippen molar-refractivity contribution in [3.05, 3.63) is 29.8 Å². The first kappa shape index (κ1) is 11.1. The van der Waals surface area contributed by atoms with Crippen molar-refractivity contribution in [2.45, 2.75) is 32.7 Å². The average Bonchev–Trinajstić information content (AvgIpc) is 2.26. The average molecular weight is 193 g/mol. The van der Waals surface area contributed by atoms with Gasteiger partial charge in [0.15, 0.2) is 0 Å². The lowest BCUT2D eigenvalue weighted by Crippen LogP contribution is -2.26. The highest BCUT2D eigenvalue weighted by atomic mass is 16.5. The van der Waals surface area contributed by atoms with Crippen LogP contribution in [-0.2, 0) is 6.42 Å². The third kappa shape index (κ3) is 3.38. The van der Waals surface area contributed by atoms with Crippen LogP contribution >= 0.6 is 0 Å². The highest BCUT2D eigenvalue weighted by Gasteiger charge is 2.00. The summed E-state index contributed by atoms with van der Waals surface area (Å²) in [5.41, 5.74) is 7.07. The molecule has 1 rings (SSSR count). The SMILES string of the molecule is CCc1cccc(OCC(N)CC)c1. The zero-order chi connectivity index (χ0) is 10.4. The van der Waals surface area contributed by atoms with E-state index in [2.05, 4.69) is 26.0 Å². The molecule has 0 bridgehead atoms. The summed E-state index contributed by atoms with van der Waals surface area (Å²) in [6, 6.07) is 8.31. The summed E-state index contributed by atoms with van der Waals surface area (Å²) in [7, 11) is 0. The quantitative estimate of drug-likeness (QED) is 0.779. The Balaban J connectivity index is 2.50. The van der Waals surface area contributed by atoms with Crippen molar-refractivity contribution >= 4 is 0 Å². The van der Waals surface area contributed by atoms with Gasteiger partial charge in [-0.3, -0.25) is 0 Å².